The van der Waals surface area contributed by atoms with E-state index in [1.165, 1.54) is 0 Å². The number of aromatic nitrogens is 1. The molecule has 7 heteroatoms. The lowest BCUT2D eigenvalue weighted by Gasteiger charge is -2.29. The van der Waals surface area contributed by atoms with E-state index in [1.807, 2.05) is 19.1 Å². The minimum Gasteiger partial charge on any atom is -0.388 e. The fourth-order valence-electron chi connectivity index (χ4n) is 3.03. The Balaban J connectivity index is 1.69. The first-order valence-electron chi connectivity index (χ1n) is 8.17. The number of anilines is 2. The molecule has 2 fully saturated rings. The summed E-state index contributed by atoms with van der Waals surface area (Å²) in [6.45, 7) is 5.75. The molecule has 3 heterocycles. The third kappa shape index (κ3) is 3.56. The van der Waals surface area contributed by atoms with Gasteiger partial charge in [-0.2, -0.15) is 0 Å². The summed E-state index contributed by atoms with van der Waals surface area (Å²) < 4.78 is 5.37. The summed E-state index contributed by atoms with van der Waals surface area (Å²) in [7, 11) is 0. The maximum Gasteiger partial charge on any atom is 0.322 e. The van der Waals surface area contributed by atoms with E-state index in [0.29, 0.717) is 44.8 Å². The number of rotatable bonds is 3. The molecule has 1 aromatic heterocycles. The molecule has 2 aliphatic heterocycles. The van der Waals surface area contributed by atoms with Crippen LogP contribution in [-0.2, 0) is 4.74 Å². The third-order valence-corrected chi connectivity index (χ3v) is 4.62. The number of carbonyl (C=O) groups excluding carboxylic acids is 1. The van der Waals surface area contributed by atoms with Gasteiger partial charge < -0.3 is 25.0 Å². The highest BCUT2D eigenvalue weighted by atomic mass is 16.5. The van der Waals surface area contributed by atoms with Crippen LogP contribution in [0.25, 0.3) is 0 Å². The zero-order valence-corrected chi connectivity index (χ0v) is 13.5. The van der Waals surface area contributed by atoms with Crippen molar-refractivity contribution in [1.29, 1.82) is 0 Å². The molecule has 1 unspecified atom stereocenters. The molecule has 0 spiro atoms. The van der Waals surface area contributed by atoms with Crippen LogP contribution < -0.4 is 10.2 Å². The smallest absolute Gasteiger partial charge is 0.322 e. The highest BCUT2D eigenvalue weighted by Gasteiger charge is 2.36. The molecule has 2 saturated heterocycles. The number of hydrogen-bond donors (Lipinski definition) is 2. The van der Waals surface area contributed by atoms with Crippen molar-refractivity contribution in [2.45, 2.75) is 25.4 Å². The number of pyridine rings is 1. The van der Waals surface area contributed by atoms with Crippen LogP contribution in [-0.4, -0.2) is 66.0 Å². The van der Waals surface area contributed by atoms with Crippen LogP contribution in [0.4, 0.5) is 16.3 Å². The lowest BCUT2D eigenvalue weighted by atomic mass is 10.0. The van der Waals surface area contributed by atoms with Crippen molar-refractivity contribution < 1.29 is 14.6 Å². The monoisotopic (exact) mass is 320 g/mol. The predicted molar refractivity (Wildman–Crippen MR) is 87.7 cm³/mol. The molecule has 0 radical (unpaired) electrons. The second-order valence-corrected chi connectivity index (χ2v) is 6.15. The van der Waals surface area contributed by atoms with E-state index < -0.39 is 5.60 Å². The maximum absolute atomic E-state index is 12.5. The van der Waals surface area contributed by atoms with Gasteiger partial charge in [-0.05, 0) is 25.0 Å². The number of urea groups is 1. The molecule has 7 nitrogen and oxygen atoms in total. The predicted octanol–water partition coefficient (Wildman–Crippen LogP) is 1.30. The number of morpholine rings is 1. The van der Waals surface area contributed by atoms with E-state index in [-0.39, 0.29) is 6.03 Å². The number of nitrogens with one attached hydrogen (secondary N) is 1. The Bertz CT molecular complexity index is 562. The highest BCUT2D eigenvalue weighted by Crippen LogP contribution is 2.27. The summed E-state index contributed by atoms with van der Waals surface area (Å²) in [5.74, 6) is 0.772. The molecule has 0 saturated carbocycles. The molecule has 126 valence electrons. The molecule has 1 aromatic rings. The minimum atomic E-state index is -0.751. The Morgan fingerprint density at radius 3 is 2.91 bits per heavy atom. The summed E-state index contributed by atoms with van der Waals surface area (Å²) in [5.41, 5.74) is -0.0504. The van der Waals surface area contributed by atoms with Gasteiger partial charge in [0.05, 0.1) is 31.0 Å². The van der Waals surface area contributed by atoms with Crippen molar-refractivity contribution in [3.63, 3.8) is 0 Å². The molecule has 23 heavy (non-hydrogen) atoms. The number of nitrogens with zero attached hydrogens (tertiary/aromatic N) is 3. The van der Waals surface area contributed by atoms with Crippen LogP contribution in [0, 0.1) is 0 Å². The van der Waals surface area contributed by atoms with Gasteiger partial charge in [-0.25, -0.2) is 9.78 Å². The summed E-state index contributed by atoms with van der Waals surface area (Å²) in [6, 6.07) is 3.49. The van der Waals surface area contributed by atoms with Gasteiger partial charge in [-0.15, -0.1) is 0 Å². The summed E-state index contributed by atoms with van der Waals surface area (Å²) >= 11 is 0. The maximum atomic E-state index is 12.5. The van der Waals surface area contributed by atoms with Gasteiger partial charge in [0.15, 0.2) is 5.82 Å². The number of carbonyl (C=O) groups is 1. The Morgan fingerprint density at radius 1 is 1.43 bits per heavy atom. The Hall–Kier alpha value is -1.86. The van der Waals surface area contributed by atoms with Gasteiger partial charge in [0, 0.05) is 25.8 Å². The topological polar surface area (TPSA) is 77.9 Å². The molecule has 0 aliphatic carbocycles. The molecule has 2 N–H and O–H groups in total. The van der Waals surface area contributed by atoms with Crippen molar-refractivity contribution in [1.82, 2.24) is 9.88 Å². The number of β-amino-alcohol motifs (C(OH)–C–C–N with tert-alkyl or cyclic N) is 1. The lowest BCUT2D eigenvalue weighted by Crippen LogP contribution is -2.39. The minimum absolute atomic E-state index is 0.183. The summed E-state index contributed by atoms with van der Waals surface area (Å²) in [4.78, 5) is 20.7. The average Bonchev–Trinajstić information content (AvgIpc) is 2.99. The zero-order chi connectivity index (χ0) is 16.3. The van der Waals surface area contributed by atoms with Crippen molar-refractivity contribution in [2.75, 3.05) is 49.6 Å². The zero-order valence-electron chi connectivity index (χ0n) is 13.5. The SMILES string of the molecule is CCC1(O)CCN(C(=O)Nc2cccnc2N2CCOCC2)C1. The number of likely N-dealkylation sites (tertiary alicyclic amines) is 1. The number of ether oxygens (including phenoxy) is 1. The first-order valence-corrected chi connectivity index (χ1v) is 8.17. The van der Waals surface area contributed by atoms with Gasteiger partial charge in [0.2, 0.25) is 0 Å². The van der Waals surface area contributed by atoms with Gasteiger partial charge in [-0.1, -0.05) is 6.92 Å². The first kappa shape index (κ1) is 16.0. The normalized spacial score (nSPS) is 24.8. The number of hydrogen-bond acceptors (Lipinski definition) is 5. The van der Waals surface area contributed by atoms with E-state index in [4.69, 9.17) is 4.74 Å². The summed E-state index contributed by atoms with van der Waals surface area (Å²) in [5, 5.41) is 13.2. The molecule has 1 atom stereocenters. The third-order valence-electron chi connectivity index (χ3n) is 4.62. The van der Waals surface area contributed by atoms with Gasteiger partial charge in [0.1, 0.15) is 0 Å². The molecule has 0 bridgehead atoms. The molecule has 2 aliphatic rings. The number of amides is 2. The van der Waals surface area contributed by atoms with Gasteiger partial charge in [0.25, 0.3) is 0 Å². The van der Waals surface area contributed by atoms with Gasteiger partial charge >= 0.3 is 6.03 Å². The van der Waals surface area contributed by atoms with E-state index >= 15 is 0 Å². The van der Waals surface area contributed by atoms with Crippen LogP contribution in [0.5, 0.6) is 0 Å². The highest BCUT2D eigenvalue weighted by molar-refractivity contribution is 5.92. The van der Waals surface area contributed by atoms with Crippen LogP contribution >= 0.6 is 0 Å². The van der Waals surface area contributed by atoms with Crippen LogP contribution in [0.1, 0.15) is 19.8 Å². The van der Waals surface area contributed by atoms with Crippen molar-refractivity contribution >= 4 is 17.5 Å². The molecular weight excluding hydrogens is 296 g/mol. The number of aliphatic hydroxyl groups is 1. The molecular formula is C16H24N4O3. The largest absolute Gasteiger partial charge is 0.388 e. The second-order valence-electron chi connectivity index (χ2n) is 6.15. The molecule has 0 aromatic carbocycles. The second kappa shape index (κ2) is 6.72. The van der Waals surface area contributed by atoms with E-state index in [0.717, 1.165) is 18.9 Å². The quantitative estimate of drug-likeness (QED) is 0.878. The van der Waals surface area contributed by atoms with Crippen molar-refractivity contribution in [2.24, 2.45) is 0 Å². The van der Waals surface area contributed by atoms with E-state index in [9.17, 15) is 9.90 Å². The molecule has 2 amide bonds. The Morgan fingerprint density at radius 2 is 2.22 bits per heavy atom. The standard InChI is InChI=1S/C16H24N4O3/c1-2-16(22)5-7-20(12-16)15(21)18-13-4-3-6-17-14(13)19-8-10-23-11-9-19/h3-4,6,22H,2,5,7-12H2,1H3,(H,18,21). The van der Waals surface area contributed by atoms with E-state index in [2.05, 4.69) is 15.2 Å². The first-order chi connectivity index (χ1) is 11.1. The Kier molecular flexibility index (Phi) is 4.68. The fraction of sp³-hybridized carbons (Fsp3) is 0.625. The molecule has 3 rings (SSSR count). The summed E-state index contributed by atoms with van der Waals surface area (Å²) in [6.07, 6.45) is 3.01. The van der Waals surface area contributed by atoms with Gasteiger partial charge in [-0.3, -0.25) is 0 Å². The Labute approximate surface area is 136 Å². The van der Waals surface area contributed by atoms with Crippen LogP contribution in [0.3, 0.4) is 0 Å². The van der Waals surface area contributed by atoms with Crippen LogP contribution in [0.15, 0.2) is 18.3 Å². The van der Waals surface area contributed by atoms with Crippen LogP contribution in [0.2, 0.25) is 0 Å². The fourth-order valence-corrected chi connectivity index (χ4v) is 3.03. The lowest BCUT2D eigenvalue weighted by molar-refractivity contribution is 0.0492. The average molecular weight is 320 g/mol. The van der Waals surface area contributed by atoms with E-state index in [1.54, 1.807) is 11.1 Å². The van der Waals surface area contributed by atoms with Crippen molar-refractivity contribution in [3.05, 3.63) is 18.3 Å². The van der Waals surface area contributed by atoms with Crippen molar-refractivity contribution in [3.8, 4) is 0 Å².